The van der Waals surface area contributed by atoms with Crippen LogP contribution in [0.25, 0.3) is 0 Å². The van der Waals surface area contributed by atoms with Gasteiger partial charge in [0, 0.05) is 19.3 Å². The van der Waals surface area contributed by atoms with Gasteiger partial charge in [-0.25, -0.2) is 0 Å². The van der Waals surface area contributed by atoms with E-state index in [1.165, 1.54) is 38.5 Å². The zero-order valence-corrected chi connectivity index (χ0v) is 11.1. The Morgan fingerprint density at radius 3 is 2.50 bits per heavy atom. The first kappa shape index (κ1) is 14.0. The Labute approximate surface area is 101 Å². The largest absolute Gasteiger partial charge is 0.381 e. The molecule has 1 aliphatic rings. The molecule has 0 aliphatic heterocycles. The fourth-order valence-electron chi connectivity index (χ4n) is 2.76. The molecule has 1 unspecified atom stereocenters. The van der Waals surface area contributed by atoms with Crippen molar-refractivity contribution in [2.75, 3.05) is 19.8 Å². The maximum atomic E-state index is 5.61. The number of nitrogens with one attached hydrogen (secondary N) is 1. The lowest BCUT2D eigenvalue weighted by molar-refractivity contribution is 0.113. The molecule has 96 valence electrons. The van der Waals surface area contributed by atoms with E-state index in [1.807, 2.05) is 0 Å². The van der Waals surface area contributed by atoms with Gasteiger partial charge in [0.15, 0.2) is 0 Å². The molecule has 1 rings (SSSR count). The molecule has 0 aromatic carbocycles. The predicted octanol–water partition coefficient (Wildman–Crippen LogP) is 3.36. The summed E-state index contributed by atoms with van der Waals surface area (Å²) in [6.45, 7) is 7.33. The van der Waals surface area contributed by atoms with Gasteiger partial charge in [-0.15, -0.1) is 0 Å². The van der Waals surface area contributed by atoms with E-state index in [9.17, 15) is 0 Å². The van der Waals surface area contributed by atoms with Crippen LogP contribution in [0.4, 0.5) is 0 Å². The second-order valence-corrected chi connectivity index (χ2v) is 4.96. The summed E-state index contributed by atoms with van der Waals surface area (Å²) < 4.78 is 5.61. The maximum Gasteiger partial charge on any atom is 0.0480 e. The van der Waals surface area contributed by atoms with Gasteiger partial charge in [0.1, 0.15) is 0 Å². The molecule has 0 spiro atoms. The molecule has 16 heavy (non-hydrogen) atoms. The zero-order valence-electron chi connectivity index (χ0n) is 11.1. The monoisotopic (exact) mass is 227 g/mol. The van der Waals surface area contributed by atoms with Crippen molar-refractivity contribution in [3.63, 3.8) is 0 Å². The Bertz CT molecular complexity index is 155. The van der Waals surface area contributed by atoms with Crippen molar-refractivity contribution in [3.05, 3.63) is 0 Å². The van der Waals surface area contributed by atoms with E-state index in [1.54, 1.807) is 0 Å². The summed E-state index contributed by atoms with van der Waals surface area (Å²) in [7, 11) is 0. The standard InChI is InChI=1S/C14H29NO/c1-3-11-16-12-10-14(15-4-2)13-8-6-5-7-9-13/h13-15H,3-12H2,1-2H3. The van der Waals surface area contributed by atoms with Gasteiger partial charge in [-0.2, -0.15) is 0 Å². The molecular formula is C14H29NO. The fourth-order valence-corrected chi connectivity index (χ4v) is 2.76. The van der Waals surface area contributed by atoms with Crippen LogP contribution in [-0.2, 0) is 4.74 Å². The highest BCUT2D eigenvalue weighted by Crippen LogP contribution is 2.27. The predicted molar refractivity (Wildman–Crippen MR) is 69.8 cm³/mol. The van der Waals surface area contributed by atoms with Gasteiger partial charge >= 0.3 is 0 Å². The molecule has 0 heterocycles. The first-order chi connectivity index (χ1) is 7.88. The van der Waals surface area contributed by atoms with Gasteiger partial charge in [0.2, 0.25) is 0 Å². The van der Waals surface area contributed by atoms with Gasteiger partial charge in [-0.1, -0.05) is 33.1 Å². The van der Waals surface area contributed by atoms with Crippen LogP contribution >= 0.6 is 0 Å². The molecule has 1 saturated carbocycles. The Balaban J connectivity index is 2.22. The molecule has 1 aliphatic carbocycles. The first-order valence-electron chi connectivity index (χ1n) is 7.19. The van der Waals surface area contributed by atoms with E-state index in [0.29, 0.717) is 6.04 Å². The van der Waals surface area contributed by atoms with Crippen LogP contribution in [0.3, 0.4) is 0 Å². The molecule has 1 N–H and O–H groups in total. The summed E-state index contributed by atoms with van der Waals surface area (Å²) in [5.74, 6) is 0.902. The Kier molecular flexibility index (Phi) is 7.87. The summed E-state index contributed by atoms with van der Waals surface area (Å²) in [5, 5.41) is 3.65. The summed E-state index contributed by atoms with van der Waals surface area (Å²) in [5.41, 5.74) is 0. The van der Waals surface area contributed by atoms with Crippen LogP contribution in [-0.4, -0.2) is 25.8 Å². The zero-order chi connectivity index (χ0) is 11.6. The van der Waals surface area contributed by atoms with Crippen molar-refractivity contribution in [2.45, 2.75) is 64.8 Å². The van der Waals surface area contributed by atoms with Gasteiger partial charge in [-0.3, -0.25) is 0 Å². The average Bonchev–Trinajstić information content (AvgIpc) is 2.34. The molecule has 0 aromatic rings. The third-order valence-electron chi connectivity index (χ3n) is 3.61. The lowest BCUT2D eigenvalue weighted by atomic mass is 9.83. The van der Waals surface area contributed by atoms with Crippen LogP contribution < -0.4 is 5.32 Å². The minimum atomic E-state index is 0.696. The van der Waals surface area contributed by atoms with Crippen molar-refractivity contribution in [1.29, 1.82) is 0 Å². The molecule has 0 bridgehead atoms. The highest BCUT2D eigenvalue weighted by atomic mass is 16.5. The Hall–Kier alpha value is -0.0800. The van der Waals surface area contributed by atoms with Crippen molar-refractivity contribution in [2.24, 2.45) is 5.92 Å². The molecule has 2 nitrogen and oxygen atoms in total. The summed E-state index contributed by atoms with van der Waals surface area (Å²) in [6, 6.07) is 0.696. The molecule has 0 saturated heterocycles. The number of rotatable bonds is 8. The third-order valence-corrected chi connectivity index (χ3v) is 3.61. The van der Waals surface area contributed by atoms with Crippen molar-refractivity contribution in [3.8, 4) is 0 Å². The number of ether oxygens (including phenoxy) is 1. The molecule has 0 radical (unpaired) electrons. The lowest BCUT2D eigenvalue weighted by Crippen LogP contribution is -2.38. The Morgan fingerprint density at radius 1 is 1.12 bits per heavy atom. The van der Waals surface area contributed by atoms with Crippen molar-refractivity contribution >= 4 is 0 Å². The highest BCUT2D eigenvalue weighted by molar-refractivity contribution is 4.78. The van der Waals surface area contributed by atoms with E-state index >= 15 is 0 Å². The highest BCUT2D eigenvalue weighted by Gasteiger charge is 2.22. The molecular weight excluding hydrogens is 198 g/mol. The quantitative estimate of drug-likeness (QED) is 0.642. The second-order valence-electron chi connectivity index (χ2n) is 4.96. The van der Waals surface area contributed by atoms with Crippen LogP contribution in [0, 0.1) is 5.92 Å². The maximum absolute atomic E-state index is 5.61. The number of hydrogen-bond acceptors (Lipinski definition) is 2. The minimum Gasteiger partial charge on any atom is -0.381 e. The van der Waals surface area contributed by atoms with Crippen LogP contribution in [0.2, 0.25) is 0 Å². The van der Waals surface area contributed by atoms with Crippen molar-refractivity contribution < 1.29 is 4.74 Å². The van der Waals surface area contributed by atoms with E-state index in [0.717, 1.165) is 32.1 Å². The van der Waals surface area contributed by atoms with E-state index < -0.39 is 0 Å². The van der Waals surface area contributed by atoms with Gasteiger partial charge in [0.25, 0.3) is 0 Å². The van der Waals surface area contributed by atoms with E-state index in [4.69, 9.17) is 4.74 Å². The van der Waals surface area contributed by atoms with Crippen LogP contribution in [0.5, 0.6) is 0 Å². The third kappa shape index (κ3) is 5.31. The smallest absolute Gasteiger partial charge is 0.0480 e. The van der Waals surface area contributed by atoms with Crippen LogP contribution in [0.1, 0.15) is 58.8 Å². The van der Waals surface area contributed by atoms with Crippen LogP contribution in [0.15, 0.2) is 0 Å². The fraction of sp³-hybridized carbons (Fsp3) is 1.00. The minimum absolute atomic E-state index is 0.696. The molecule has 0 aromatic heterocycles. The van der Waals surface area contributed by atoms with E-state index in [2.05, 4.69) is 19.2 Å². The van der Waals surface area contributed by atoms with Gasteiger partial charge in [0.05, 0.1) is 0 Å². The van der Waals surface area contributed by atoms with Gasteiger partial charge in [-0.05, 0) is 38.1 Å². The summed E-state index contributed by atoms with van der Waals surface area (Å²) >= 11 is 0. The molecule has 1 atom stereocenters. The van der Waals surface area contributed by atoms with Crippen molar-refractivity contribution in [1.82, 2.24) is 5.32 Å². The topological polar surface area (TPSA) is 21.3 Å². The molecule has 0 amide bonds. The van der Waals surface area contributed by atoms with Gasteiger partial charge < -0.3 is 10.1 Å². The Morgan fingerprint density at radius 2 is 1.88 bits per heavy atom. The summed E-state index contributed by atoms with van der Waals surface area (Å²) in [4.78, 5) is 0. The molecule has 1 fully saturated rings. The average molecular weight is 227 g/mol. The summed E-state index contributed by atoms with van der Waals surface area (Å²) in [6.07, 6.45) is 9.48. The number of hydrogen-bond donors (Lipinski definition) is 1. The SMILES string of the molecule is CCCOCCC(NCC)C1CCCCC1. The van der Waals surface area contributed by atoms with E-state index in [-0.39, 0.29) is 0 Å². The normalized spacial score (nSPS) is 19.9. The first-order valence-corrected chi connectivity index (χ1v) is 7.19. The molecule has 2 heteroatoms. The second kappa shape index (κ2) is 9.00. The lowest BCUT2D eigenvalue weighted by Gasteiger charge is -2.30.